The number of para-hydroxylation sites is 2. The molecule has 0 aliphatic rings. The summed E-state index contributed by atoms with van der Waals surface area (Å²) in [6.45, 7) is 0. The molecule has 3 aromatic heterocycles. The van der Waals surface area contributed by atoms with Crippen LogP contribution in [0.1, 0.15) is 0 Å². The Morgan fingerprint density at radius 2 is 0.944 bits per heavy atom. The van der Waals surface area contributed by atoms with E-state index in [1.165, 1.54) is 47.3 Å². The molecule has 4 nitrogen and oxygen atoms in total. The van der Waals surface area contributed by atoms with Crippen LogP contribution in [0, 0.1) is 0 Å². The van der Waals surface area contributed by atoms with Crippen LogP contribution in [0.4, 0.5) is 0 Å². The molecule has 5 heteroatoms. The molecule has 252 valence electrons. The summed E-state index contributed by atoms with van der Waals surface area (Å²) >= 11 is 1.81. The van der Waals surface area contributed by atoms with Gasteiger partial charge in [0.25, 0.3) is 0 Å². The van der Waals surface area contributed by atoms with Gasteiger partial charge < -0.3 is 4.57 Å². The first-order chi connectivity index (χ1) is 26.7. The largest absolute Gasteiger partial charge is 0.308 e. The van der Waals surface area contributed by atoms with Crippen molar-refractivity contribution < 1.29 is 0 Å². The number of rotatable bonds is 5. The minimum absolute atomic E-state index is 0.625. The lowest BCUT2D eigenvalue weighted by Crippen LogP contribution is -2.03. The number of benzene rings is 8. The van der Waals surface area contributed by atoms with Crippen molar-refractivity contribution in [2.75, 3.05) is 0 Å². The quantitative estimate of drug-likeness (QED) is 0.179. The molecule has 0 atom stereocenters. The van der Waals surface area contributed by atoms with E-state index in [2.05, 4.69) is 180 Å². The van der Waals surface area contributed by atoms with Crippen LogP contribution >= 0.6 is 11.3 Å². The van der Waals surface area contributed by atoms with Crippen molar-refractivity contribution >= 4 is 64.1 Å². The standard InChI is InChI=1S/C49H30N4S/c1-2-12-31(13-3-1)32-22-24-33(25-23-32)47-50-48(36-26-27-46-41(29-36)38-17-8-11-21-45(38)54-46)52-49(51-47)39-18-7-10-20-43(39)53-42-19-9-6-16-37(42)40-28-34-14-4-5-15-35(34)30-44(40)53/h1-30H. The van der Waals surface area contributed by atoms with Crippen molar-refractivity contribution in [1.82, 2.24) is 19.5 Å². The third-order valence-electron chi connectivity index (χ3n) is 10.4. The summed E-state index contributed by atoms with van der Waals surface area (Å²) in [7, 11) is 0. The highest BCUT2D eigenvalue weighted by Gasteiger charge is 2.20. The summed E-state index contributed by atoms with van der Waals surface area (Å²) in [5, 5.41) is 7.30. The van der Waals surface area contributed by atoms with E-state index >= 15 is 0 Å². The van der Waals surface area contributed by atoms with Crippen LogP contribution in [0.15, 0.2) is 182 Å². The lowest BCUT2D eigenvalue weighted by Gasteiger charge is -2.15. The summed E-state index contributed by atoms with van der Waals surface area (Å²) in [5.41, 5.74) is 8.43. The molecule has 3 heterocycles. The maximum atomic E-state index is 5.28. The van der Waals surface area contributed by atoms with Crippen LogP contribution in [0.2, 0.25) is 0 Å². The van der Waals surface area contributed by atoms with Crippen molar-refractivity contribution in [2.24, 2.45) is 0 Å². The predicted molar refractivity (Wildman–Crippen MR) is 226 cm³/mol. The number of thiophene rings is 1. The minimum Gasteiger partial charge on any atom is -0.308 e. The molecule has 0 aliphatic carbocycles. The zero-order valence-corrected chi connectivity index (χ0v) is 29.8. The summed E-state index contributed by atoms with van der Waals surface area (Å²) in [6.07, 6.45) is 0. The van der Waals surface area contributed by atoms with Gasteiger partial charge in [-0.3, -0.25) is 0 Å². The predicted octanol–water partition coefficient (Wildman–Crippen LogP) is 13.2. The lowest BCUT2D eigenvalue weighted by molar-refractivity contribution is 1.07. The molecular formula is C49H30N4S. The molecule has 0 bridgehead atoms. The Labute approximate surface area is 315 Å². The maximum Gasteiger partial charge on any atom is 0.166 e. The van der Waals surface area contributed by atoms with Gasteiger partial charge in [-0.25, -0.2) is 15.0 Å². The molecule has 0 saturated heterocycles. The SMILES string of the molecule is c1ccc(-c2ccc(-c3nc(-c4ccc5sc6ccccc6c5c4)nc(-c4ccccc4-n4c5ccccc5c5cc6ccccc6cc54)n3)cc2)cc1. The monoisotopic (exact) mass is 706 g/mol. The number of nitrogens with zero attached hydrogens (tertiary/aromatic N) is 4. The molecule has 0 unspecified atom stereocenters. The fraction of sp³-hybridized carbons (Fsp3) is 0. The summed E-state index contributed by atoms with van der Waals surface area (Å²) in [6, 6.07) is 64.5. The van der Waals surface area contributed by atoms with Gasteiger partial charge in [-0.05, 0) is 76.5 Å². The fourth-order valence-corrected chi connectivity index (χ4v) is 8.92. The Morgan fingerprint density at radius 3 is 1.80 bits per heavy atom. The molecule has 0 spiro atoms. The first kappa shape index (κ1) is 30.7. The van der Waals surface area contributed by atoms with Gasteiger partial charge >= 0.3 is 0 Å². The van der Waals surface area contributed by atoms with Gasteiger partial charge in [-0.2, -0.15) is 0 Å². The Balaban J connectivity index is 1.14. The topological polar surface area (TPSA) is 43.6 Å². The highest BCUT2D eigenvalue weighted by molar-refractivity contribution is 7.25. The fourth-order valence-electron chi connectivity index (χ4n) is 7.83. The van der Waals surface area contributed by atoms with Gasteiger partial charge in [0.2, 0.25) is 0 Å². The van der Waals surface area contributed by atoms with Crippen LogP contribution in [0.25, 0.3) is 104 Å². The van der Waals surface area contributed by atoms with Gasteiger partial charge in [-0.15, -0.1) is 11.3 Å². The van der Waals surface area contributed by atoms with Crippen LogP contribution in [0.5, 0.6) is 0 Å². The Morgan fingerprint density at radius 1 is 0.352 bits per heavy atom. The smallest absolute Gasteiger partial charge is 0.166 e. The summed E-state index contributed by atoms with van der Waals surface area (Å²) in [5.74, 6) is 1.90. The second kappa shape index (κ2) is 12.3. The van der Waals surface area contributed by atoms with Gasteiger partial charge in [0.05, 0.1) is 16.7 Å². The van der Waals surface area contributed by atoms with Crippen LogP contribution in [-0.4, -0.2) is 19.5 Å². The first-order valence-electron chi connectivity index (χ1n) is 18.1. The lowest BCUT2D eigenvalue weighted by atomic mass is 10.0. The first-order valence-corrected chi connectivity index (χ1v) is 18.9. The summed E-state index contributed by atoms with van der Waals surface area (Å²) in [4.78, 5) is 15.7. The second-order valence-electron chi connectivity index (χ2n) is 13.6. The zero-order valence-electron chi connectivity index (χ0n) is 29.0. The van der Waals surface area contributed by atoms with E-state index in [0.717, 1.165) is 39.0 Å². The van der Waals surface area contributed by atoms with E-state index in [-0.39, 0.29) is 0 Å². The Hall–Kier alpha value is -6.95. The molecule has 0 aliphatic heterocycles. The second-order valence-corrected chi connectivity index (χ2v) is 14.7. The molecule has 0 saturated carbocycles. The molecule has 0 fully saturated rings. The van der Waals surface area contributed by atoms with Crippen LogP contribution in [0.3, 0.4) is 0 Å². The van der Waals surface area contributed by atoms with Crippen molar-refractivity contribution in [1.29, 1.82) is 0 Å². The Bertz CT molecular complexity index is 3210. The van der Waals surface area contributed by atoms with Gasteiger partial charge in [-0.1, -0.05) is 127 Å². The van der Waals surface area contributed by atoms with E-state index < -0.39 is 0 Å². The van der Waals surface area contributed by atoms with E-state index in [1.54, 1.807) is 0 Å². The van der Waals surface area contributed by atoms with Gasteiger partial charge in [0, 0.05) is 47.6 Å². The van der Waals surface area contributed by atoms with Gasteiger partial charge in [0.15, 0.2) is 17.5 Å². The van der Waals surface area contributed by atoms with E-state index in [4.69, 9.17) is 15.0 Å². The molecule has 8 aromatic carbocycles. The highest BCUT2D eigenvalue weighted by atomic mass is 32.1. The zero-order chi connectivity index (χ0) is 35.6. The highest BCUT2D eigenvalue weighted by Crippen LogP contribution is 2.39. The van der Waals surface area contributed by atoms with Crippen molar-refractivity contribution in [3.63, 3.8) is 0 Å². The van der Waals surface area contributed by atoms with Crippen LogP contribution in [-0.2, 0) is 0 Å². The molecular weight excluding hydrogens is 677 g/mol. The average molecular weight is 707 g/mol. The average Bonchev–Trinajstić information content (AvgIpc) is 3.78. The van der Waals surface area contributed by atoms with Crippen molar-refractivity contribution in [3.05, 3.63) is 182 Å². The molecule has 54 heavy (non-hydrogen) atoms. The van der Waals surface area contributed by atoms with Gasteiger partial charge in [0.1, 0.15) is 0 Å². The molecule has 11 aromatic rings. The van der Waals surface area contributed by atoms with Crippen molar-refractivity contribution in [3.8, 4) is 51.0 Å². The molecule has 0 radical (unpaired) electrons. The normalized spacial score (nSPS) is 11.7. The third kappa shape index (κ3) is 5.01. The number of hydrogen-bond donors (Lipinski definition) is 0. The molecule has 0 N–H and O–H groups in total. The number of fused-ring (bicyclic) bond motifs is 7. The van der Waals surface area contributed by atoms with E-state index in [9.17, 15) is 0 Å². The van der Waals surface area contributed by atoms with Crippen LogP contribution < -0.4 is 0 Å². The molecule has 11 rings (SSSR count). The summed E-state index contributed by atoms with van der Waals surface area (Å²) < 4.78 is 4.89. The maximum absolute atomic E-state index is 5.28. The number of hydrogen-bond acceptors (Lipinski definition) is 4. The minimum atomic E-state index is 0.625. The van der Waals surface area contributed by atoms with E-state index in [0.29, 0.717) is 17.5 Å². The van der Waals surface area contributed by atoms with Crippen molar-refractivity contribution in [2.45, 2.75) is 0 Å². The Kier molecular flexibility index (Phi) is 7.00. The number of aromatic nitrogens is 4. The molecule has 0 amide bonds. The third-order valence-corrected chi connectivity index (χ3v) is 11.6. The van der Waals surface area contributed by atoms with E-state index in [1.807, 2.05) is 17.4 Å².